The van der Waals surface area contributed by atoms with Crippen LogP contribution in [0.1, 0.15) is 5.56 Å². The number of benzene rings is 2. The molecule has 0 heterocycles. The highest BCUT2D eigenvalue weighted by molar-refractivity contribution is 7.89. The Hall–Kier alpha value is -1.85. The number of hydrogen-bond donors (Lipinski definition) is 2. The number of rotatable bonds is 6. The molecule has 2 aromatic carbocycles. The van der Waals surface area contributed by atoms with E-state index in [1.807, 2.05) is 24.3 Å². The fourth-order valence-corrected chi connectivity index (χ4v) is 2.66. The quantitative estimate of drug-likeness (QED) is 0.858. The van der Waals surface area contributed by atoms with E-state index < -0.39 is 10.0 Å². The highest BCUT2D eigenvalue weighted by Gasteiger charge is 2.10. The predicted octanol–water partition coefficient (Wildman–Crippen LogP) is 2.25. The van der Waals surface area contributed by atoms with E-state index >= 15 is 0 Å². The van der Waals surface area contributed by atoms with Crippen LogP contribution in [-0.2, 0) is 16.4 Å². The molecule has 0 spiro atoms. The molecule has 5 heteroatoms. The molecule has 4 nitrogen and oxygen atoms in total. The third-order valence-electron chi connectivity index (χ3n) is 3.00. The van der Waals surface area contributed by atoms with Gasteiger partial charge in [0.1, 0.15) is 0 Å². The van der Waals surface area contributed by atoms with Crippen molar-refractivity contribution in [1.29, 1.82) is 0 Å². The summed E-state index contributed by atoms with van der Waals surface area (Å²) in [5, 5.41) is 3.24. The van der Waals surface area contributed by atoms with E-state index in [-0.39, 0.29) is 4.90 Å². The molecule has 0 aromatic heterocycles. The normalized spacial score (nSPS) is 11.2. The summed E-state index contributed by atoms with van der Waals surface area (Å²) in [4.78, 5) is 0.268. The number of sulfonamides is 1. The maximum Gasteiger partial charge on any atom is 0.240 e. The molecule has 2 aromatic rings. The maximum absolute atomic E-state index is 11.7. The Balaban J connectivity index is 1.99. The summed E-state index contributed by atoms with van der Waals surface area (Å²) in [6, 6.07) is 17.0. The van der Waals surface area contributed by atoms with Crippen LogP contribution in [0.3, 0.4) is 0 Å². The topological polar surface area (TPSA) is 58.2 Å². The second kappa shape index (κ2) is 6.54. The van der Waals surface area contributed by atoms with E-state index in [0.29, 0.717) is 0 Å². The maximum atomic E-state index is 11.7. The van der Waals surface area contributed by atoms with Crippen molar-refractivity contribution < 1.29 is 8.42 Å². The molecule has 0 saturated heterocycles. The summed E-state index contributed by atoms with van der Waals surface area (Å²) in [5.41, 5.74) is 2.05. The van der Waals surface area contributed by atoms with E-state index in [4.69, 9.17) is 0 Å². The summed E-state index contributed by atoms with van der Waals surface area (Å²) >= 11 is 0. The van der Waals surface area contributed by atoms with Gasteiger partial charge in [-0.15, -0.1) is 0 Å². The van der Waals surface area contributed by atoms with Gasteiger partial charge in [0.25, 0.3) is 0 Å². The van der Waals surface area contributed by atoms with Crippen molar-refractivity contribution in [2.45, 2.75) is 11.3 Å². The second-order valence-electron chi connectivity index (χ2n) is 4.40. The van der Waals surface area contributed by atoms with Gasteiger partial charge in [-0.1, -0.05) is 36.4 Å². The Kier molecular flexibility index (Phi) is 4.76. The van der Waals surface area contributed by atoms with E-state index in [1.165, 1.54) is 12.6 Å². The summed E-state index contributed by atoms with van der Waals surface area (Å²) in [5.74, 6) is 0. The Morgan fingerprint density at radius 1 is 1.00 bits per heavy atom. The van der Waals surface area contributed by atoms with E-state index in [1.54, 1.807) is 18.2 Å². The van der Waals surface area contributed by atoms with Crippen LogP contribution in [0.2, 0.25) is 0 Å². The Labute approximate surface area is 119 Å². The van der Waals surface area contributed by atoms with Gasteiger partial charge in [0.2, 0.25) is 10.0 Å². The van der Waals surface area contributed by atoms with Gasteiger partial charge < -0.3 is 5.32 Å². The van der Waals surface area contributed by atoms with Crippen molar-refractivity contribution >= 4 is 15.7 Å². The zero-order valence-corrected chi connectivity index (χ0v) is 12.2. The average Bonchev–Trinajstić information content (AvgIpc) is 2.49. The molecular weight excluding hydrogens is 272 g/mol. The van der Waals surface area contributed by atoms with Crippen molar-refractivity contribution in [1.82, 2.24) is 4.72 Å². The van der Waals surface area contributed by atoms with Crippen LogP contribution in [0, 0.1) is 0 Å². The first-order valence-electron chi connectivity index (χ1n) is 6.43. The highest BCUT2D eigenvalue weighted by atomic mass is 32.2. The monoisotopic (exact) mass is 290 g/mol. The molecule has 20 heavy (non-hydrogen) atoms. The Bertz CT molecular complexity index is 655. The van der Waals surface area contributed by atoms with Crippen LogP contribution in [0.5, 0.6) is 0 Å². The molecule has 0 amide bonds. The number of hydrogen-bond acceptors (Lipinski definition) is 3. The minimum atomic E-state index is -3.39. The SMILES string of the molecule is CNS(=O)(=O)c1cccc(NCCc2ccccc2)c1. The molecule has 0 bridgehead atoms. The van der Waals surface area contributed by atoms with Gasteiger partial charge in [-0.25, -0.2) is 13.1 Å². The van der Waals surface area contributed by atoms with Gasteiger partial charge in [-0.2, -0.15) is 0 Å². The third kappa shape index (κ3) is 3.82. The van der Waals surface area contributed by atoms with Gasteiger partial charge >= 0.3 is 0 Å². The highest BCUT2D eigenvalue weighted by Crippen LogP contribution is 2.15. The zero-order chi connectivity index (χ0) is 14.4. The van der Waals surface area contributed by atoms with Crippen LogP contribution in [0.25, 0.3) is 0 Å². The molecule has 0 aliphatic rings. The van der Waals surface area contributed by atoms with E-state index in [0.717, 1.165) is 18.7 Å². The standard InChI is InChI=1S/C15H18N2O2S/c1-16-20(18,19)15-9-5-8-14(12-15)17-11-10-13-6-3-2-4-7-13/h2-9,12,16-17H,10-11H2,1H3. The minimum absolute atomic E-state index is 0.268. The van der Waals surface area contributed by atoms with Crippen molar-refractivity contribution in [3.05, 3.63) is 60.2 Å². The number of anilines is 1. The van der Waals surface area contributed by atoms with Crippen LogP contribution in [0.15, 0.2) is 59.5 Å². The first-order valence-corrected chi connectivity index (χ1v) is 7.91. The second-order valence-corrected chi connectivity index (χ2v) is 6.28. The smallest absolute Gasteiger partial charge is 0.240 e. The van der Waals surface area contributed by atoms with Crippen molar-refractivity contribution in [3.63, 3.8) is 0 Å². The predicted molar refractivity (Wildman–Crippen MR) is 81.3 cm³/mol. The average molecular weight is 290 g/mol. The lowest BCUT2D eigenvalue weighted by Gasteiger charge is -2.08. The van der Waals surface area contributed by atoms with Crippen molar-refractivity contribution in [2.75, 3.05) is 18.9 Å². The molecule has 0 radical (unpaired) electrons. The van der Waals surface area contributed by atoms with Crippen LogP contribution in [0.4, 0.5) is 5.69 Å². The van der Waals surface area contributed by atoms with Crippen LogP contribution >= 0.6 is 0 Å². The first-order chi connectivity index (χ1) is 9.62. The fourth-order valence-electron chi connectivity index (χ4n) is 1.89. The van der Waals surface area contributed by atoms with E-state index in [9.17, 15) is 8.42 Å². The lowest BCUT2D eigenvalue weighted by Crippen LogP contribution is -2.18. The van der Waals surface area contributed by atoms with E-state index in [2.05, 4.69) is 22.2 Å². The molecule has 2 rings (SSSR count). The van der Waals surface area contributed by atoms with Gasteiger partial charge in [-0.05, 0) is 37.2 Å². The molecular formula is C15H18N2O2S. The van der Waals surface area contributed by atoms with Crippen molar-refractivity contribution in [2.24, 2.45) is 0 Å². The molecule has 0 atom stereocenters. The van der Waals surface area contributed by atoms with Crippen LogP contribution < -0.4 is 10.0 Å². The molecule has 0 aliphatic heterocycles. The Morgan fingerprint density at radius 2 is 1.75 bits per heavy atom. The zero-order valence-electron chi connectivity index (χ0n) is 11.3. The summed E-state index contributed by atoms with van der Waals surface area (Å²) < 4.78 is 25.7. The fraction of sp³-hybridized carbons (Fsp3) is 0.200. The van der Waals surface area contributed by atoms with Gasteiger partial charge in [-0.3, -0.25) is 0 Å². The third-order valence-corrected chi connectivity index (χ3v) is 4.41. The molecule has 0 unspecified atom stereocenters. The summed E-state index contributed by atoms with van der Waals surface area (Å²) in [6.07, 6.45) is 0.893. The molecule has 2 N–H and O–H groups in total. The number of nitrogens with one attached hydrogen (secondary N) is 2. The first kappa shape index (κ1) is 14.6. The molecule has 0 fully saturated rings. The summed E-state index contributed by atoms with van der Waals surface area (Å²) in [7, 11) is -1.98. The molecule has 106 valence electrons. The summed E-state index contributed by atoms with van der Waals surface area (Å²) in [6.45, 7) is 0.757. The van der Waals surface area contributed by atoms with Gasteiger partial charge in [0, 0.05) is 12.2 Å². The van der Waals surface area contributed by atoms with Crippen molar-refractivity contribution in [3.8, 4) is 0 Å². The van der Waals surface area contributed by atoms with Gasteiger partial charge in [0.15, 0.2) is 0 Å². The lowest BCUT2D eigenvalue weighted by atomic mass is 10.1. The molecule has 0 aliphatic carbocycles. The van der Waals surface area contributed by atoms with Crippen LogP contribution in [-0.4, -0.2) is 22.0 Å². The lowest BCUT2D eigenvalue weighted by molar-refractivity contribution is 0.588. The minimum Gasteiger partial charge on any atom is -0.385 e. The largest absolute Gasteiger partial charge is 0.385 e. The van der Waals surface area contributed by atoms with Gasteiger partial charge in [0.05, 0.1) is 4.90 Å². The molecule has 0 saturated carbocycles. The Morgan fingerprint density at radius 3 is 2.45 bits per heavy atom.